The standard InChI is InChI=1S/C15H27N3O/c1-10(2)11-5-7-12(8-6-11)14(16)15-13(19-4)9-17-18(15)3/h9-12,14H,5-8,16H2,1-4H3. The molecule has 1 aliphatic rings. The summed E-state index contributed by atoms with van der Waals surface area (Å²) < 4.78 is 7.23. The quantitative estimate of drug-likeness (QED) is 0.910. The van der Waals surface area contributed by atoms with Crippen LogP contribution < -0.4 is 10.5 Å². The van der Waals surface area contributed by atoms with E-state index < -0.39 is 0 Å². The predicted octanol–water partition coefficient (Wildman–Crippen LogP) is 2.89. The van der Waals surface area contributed by atoms with Crippen molar-refractivity contribution in [2.75, 3.05) is 7.11 Å². The Hall–Kier alpha value is -1.03. The first-order valence-corrected chi connectivity index (χ1v) is 7.36. The highest BCUT2D eigenvalue weighted by Gasteiger charge is 2.30. The molecule has 2 rings (SSSR count). The van der Waals surface area contributed by atoms with E-state index in [-0.39, 0.29) is 6.04 Å². The van der Waals surface area contributed by atoms with E-state index in [1.54, 1.807) is 13.3 Å². The topological polar surface area (TPSA) is 53.1 Å². The van der Waals surface area contributed by atoms with Crippen molar-refractivity contribution < 1.29 is 4.74 Å². The number of ether oxygens (including phenoxy) is 1. The van der Waals surface area contributed by atoms with Gasteiger partial charge in [0.15, 0.2) is 5.75 Å². The van der Waals surface area contributed by atoms with E-state index in [1.165, 1.54) is 25.7 Å². The minimum atomic E-state index is 0.0376. The number of aryl methyl sites for hydroxylation is 1. The summed E-state index contributed by atoms with van der Waals surface area (Å²) in [4.78, 5) is 0. The lowest BCUT2D eigenvalue weighted by Crippen LogP contribution is -2.29. The van der Waals surface area contributed by atoms with Crippen molar-refractivity contribution in [3.63, 3.8) is 0 Å². The van der Waals surface area contributed by atoms with Crippen LogP contribution in [-0.2, 0) is 7.05 Å². The van der Waals surface area contributed by atoms with Crippen LogP contribution in [0.25, 0.3) is 0 Å². The van der Waals surface area contributed by atoms with Crippen LogP contribution in [0.5, 0.6) is 5.75 Å². The molecule has 1 aliphatic carbocycles. The second kappa shape index (κ2) is 5.95. The third-order valence-electron chi connectivity index (χ3n) is 4.75. The van der Waals surface area contributed by atoms with Gasteiger partial charge in [0.1, 0.15) is 0 Å². The second-order valence-corrected chi connectivity index (χ2v) is 6.17. The van der Waals surface area contributed by atoms with E-state index >= 15 is 0 Å². The molecule has 1 atom stereocenters. The highest BCUT2D eigenvalue weighted by molar-refractivity contribution is 5.28. The fourth-order valence-electron chi connectivity index (χ4n) is 3.36. The average molecular weight is 265 g/mol. The molecule has 1 fully saturated rings. The molecule has 0 radical (unpaired) electrons. The van der Waals surface area contributed by atoms with Crippen LogP contribution in [-0.4, -0.2) is 16.9 Å². The SMILES string of the molecule is COc1cnn(C)c1C(N)C1CCC(C(C)C)CC1. The predicted molar refractivity (Wildman–Crippen MR) is 77.0 cm³/mol. The van der Waals surface area contributed by atoms with Gasteiger partial charge in [-0.2, -0.15) is 5.10 Å². The molecular weight excluding hydrogens is 238 g/mol. The highest BCUT2D eigenvalue weighted by atomic mass is 16.5. The van der Waals surface area contributed by atoms with E-state index in [4.69, 9.17) is 10.5 Å². The average Bonchev–Trinajstić information content (AvgIpc) is 2.79. The Labute approximate surface area is 116 Å². The maximum Gasteiger partial charge on any atom is 0.161 e. The maximum atomic E-state index is 6.47. The van der Waals surface area contributed by atoms with Gasteiger partial charge in [0, 0.05) is 7.05 Å². The molecule has 0 amide bonds. The van der Waals surface area contributed by atoms with Crippen LogP contribution in [0.1, 0.15) is 51.3 Å². The maximum absolute atomic E-state index is 6.47. The summed E-state index contributed by atoms with van der Waals surface area (Å²) >= 11 is 0. The third-order valence-corrected chi connectivity index (χ3v) is 4.75. The molecule has 1 aromatic heterocycles. The van der Waals surface area contributed by atoms with Crippen LogP contribution in [0.2, 0.25) is 0 Å². The Balaban J connectivity index is 2.05. The molecule has 0 aliphatic heterocycles. The van der Waals surface area contributed by atoms with Gasteiger partial charge in [0.05, 0.1) is 25.0 Å². The van der Waals surface area contributed by atoms with Crippen molar-refractivity contribution in [1.82, 2.24) is 9.78 Å². The molecule has 4 heteroatoms. The van der Waals surface area contributed by atoms with Crippen molar-refractivity contribution in [2.24, 2.45) is 30.5 Å². The number of hydrogen-bond donors (Lipinski definition) is 1. The van der Waals surface area contributed by atoms with Gasteiger partial charge < -0.3 is 10.5 Å². The van der Waals surface area contributed by atoms with E-state index in [1.807, 2.05) is 11.7 Å². The van der Waals surface area contributed by atoms with Crippen molar-refractivity contribution in [3.05, 3.63) is 11.9 Å². The van der Waals surface area contributed by atoms with Crippen molar-refractivity contribution in [1.29, 1.82) is 0 Å². The van der Waals surface area contributed by atoms with Gasteiger partial charge >= 0.3 is 0 Å². The number of nitrogens with zero attached hydrogens (tertiary/aromatic N) is 2. The Morgan fingerprint density at radius 1 is 1.26 bits per heavy atom. The molecule has 1 aromatic rings. The Morgan fingerprint density at radius 3 is 2.37 bits per heavy atom. The molecule has 2 N–H and O–H groups in total. The smallest absolute Gasteiger partial charge is 0.161 e. The molecular formula is C15H27N3O. The number of nitrogens with two attached hydrogens (primary N) is 1. The molecule has 108 valence electrons. The van der Waals surface area contributed by atoms with Crippen molar-refractivity contribution in [3.8, 4) is 5.75 Å². The molecule has 0 aromatic carbocycles. The van der Waals surface area contributed by atoms with E-state index in [9.17, 15) is 0 Å². The van der Waals surface area contributed by atoms with Crippen LogP contribution in [0.15, 0.2) is 6.20 Å². The fourth-order valence-corrected chi connectivity index (χ4v) is 3.36. The second-order valence-electron chi connectivity index (χ2n) is 6.17. The van der Waals surface area contributed by atoms with Crippen molar-refractivity contribution in [2.45, 2.75) is 45.6 Å². The van der Waals surface area contributed by atoms with Gasteiger partial charge in [-0.15, -0.1) is 0 Å². The molecule has 1 saturated carbocycles. The van der Waals surface area contributed by atoms with Gasteiger partial charge in [0.25, 0.3) is 0 Å². The van der Waals surface area contributed by atoms with Gasteiger partial charge in [-0.3, -0.25) is 4.68 Å². The van der Waals surface area contributed by atoms with Gasteiger partial charge in [0.2, 0.25) is 0 Å². The molecule has 0 saturated heterocycles. The largest absolute Gasteiger partial charge is 0.493 e. The van der Waals surface area contributed by atoms with Gasteiger partial charge in [-0.25, -0.2) is 0 Å². The zero-order chi connectivity index (χ0) is 14.0. The van der Waals surface area contributed by atoms with Crippen molar-refractivity contribution >= 4 is 0 Å². The van der Waals surface area contributed by atoms with Gasteiger partial charge in [-0.05, 0) is 43.4 Å². The monoisotopic (exact) mass is 265 g/mol. The summed E-state index contributed by atoms with van der Waals surface area (Å²) in [6.45, 7) is 4.66. The first-order chi connectivity index (χ1) is 9.04. The Morgan fingerprint density at radius 2 is 1.84 bits per heavy atom. The van der Waals surface area contributed by atoms with E-state index in [0.29, 0.717) is 5.92 Å². The summed E-state index contributed by atoms with van der Waals surface area (Å²) in [5.41, 5.74) is 7.51. The number of aromatic nitrogens is 2. The van der Waals surface area contributed by atoms with Gasteiger partial charge in [-0.1, -0.05) is 13.8 Å². The number of rotatable bonds is 4. The molecule has 0 spiro atoms. The molecule has 4 nitrogen and oxygen atoms in total. The lowest BCUT2D eigenvalue weighted by Gasteiger charge is -2.34. The van der Waals surface area contributed by atoms with Crippen LogP contribution >= 0.6 is 0 Å². The molecule has 1 heterocycles. The van der Waals surface area contributed by atoms with Crippen LogP contribution in [0, 0.1) is 17.8 Å². The first kappa shape index (κ1) is 14.4. The lowest BCUT2D eigenvalue weighted by atomic mass is 9.74. The zero-order valence-corrected chi connectivity index (χ0v) is 12.6. The van der Waals surface area contributed by atoms with E-state index in [2.05, 4.69) is 18.9 Å². The number of methoxy groups -OCH3 is 1. The normalized spacial score (nSPS) is 25.6. The summed E-state index contributed by atoms with van der Waals surface area (Å²) in [5, 5.41) is 4.26. The zero-order valence-electron chi connectivity index (χ0n) is 12.6. The lowest BCUT2D eigenvalue weighted by molar-refractivity contribution is 0.199. The molecule has 0 bridgehead atoms. The Bertz CT molecular complexity index is 406. The third kappa shape index (κ3) is 2.94. The minimum absolute atomic E-state index is 0.0376. The summed E-state index contributed by atoms with van der Waals surface area (Å²) in [7, 11) is 3.63. The number of hydrogen-bond acceptors (Lipinski definition) is 3. The Kier molecular flexibility index (Phi) is 4.50. The minimum Gasteiger partial charge on any atom is -0.493 e. The summed E-state index contributed by atoms with van der Waals surface area (Å²) in [5.74, 6) is 3.04. The highest BCUT2D eigenvalue weighted by Crippen LogP contribution is 2.40. The molecule has 19 heavy (non-hydrogen) atoms. The summed E-state index contributed by atoms with van der Waals surface area (Å²) in [6, 6.07) is 0.0376. The fraction of sp³-hybridized carbons (Fsp3) is 0.800. The molecule has 1 unspecified atom stereocenters. The van der Waals surface area contributed by atoms with E-state index in [0.717, 1.165) is 23.3 Å². The van der Waals surface area contributed by atoms with Crippen LogP contribution in [0.3, 0.4) is 0 Å². The van der Waals surface area contributed by atoms with Crippen LogP contribution in [0.4, 0.5) is 0 Å². The first-order valence-electron chi connectivity index (χ1n) is 7.36. The summed E-state index contributed by atoms with van der Waals surface area (Å²) in [6.07, 6.45) is 6.80.